The van der Waals surface area contributed by atoms with Gasteiger partial charge in [0.1, 0.15) is 6.33 Å². The number of nitrogens with one attached hydrogen (secondary N) is 1. The first-order valence-electron chi connectivity index (χ1n) is 4.75. The van der Waals surface area contributed by atoms with E-state index < -0.39 is 0 Å². The van der Waals surface area contributed by atoms with Crippen LogP contribution in [0.3, 0.4) is 0 Å². The van der Waals surface area contributed by atoms with Gasteiger partial charge in [0.05, 0.1) is 0 Å². The van der Waals surface area contributed by atoms with Crippen molar-refractivity contribution in [1.82, 2.24) is 15.3 Å². The number of aromatic nitrogens is 2. The van der Waals surface area contributed by atoms with E-state index in [0.717, 1.165) is 12.2 Å². The smallest absolute Gasteiger partial charge is 0.115 e. The SMILES string of the molecule is CCNC(C)C(C)c1ccncn1. The number of nitrogens with zero attached hydrogens (tertiary/aromatic N) is 2. The van der Waals surface area contributed by atoms with Crippen LogP contribution in [0.1, 0.15) is 32.4 Å². The Balaban J connectivity index is 2.62. The van der Waals surface area contributed by atoms with E-state index in [9.17, 15) is 0 Å². The molecule has 0 spiro atoms. The normalized spacial score (nSPS) is 15.3. The molecule has 0 saturated heterocycles. The molecule has 0 aromatic carbocycles. The Labute approximate surface area is 79.6 Å². The second-order valence-corrected chi connectivity index (χ2v) is 3.27. The highest BCUT2D eigenvalue weighted by atomic mass is 14.9. The van der Waals surface area contributed by atoms with Gasteiger partial charge in [0.25, 0.3) is 0 Å². The molecular weight excluding hydrogens is 162 g/mol. The highest BCUT2D eigenvalue weighted by Crippen LogP contribution is 2.15. The van der Waals surface area contributed by atoms with Gasteiger partial charge in [-0.3, -0.25) is 0 Å². The molecule has 1 heterocycles. The van der Waals surface area contributed by atoms with Crippen molar-refractivity contribution in [2.75, 3.05) is 6.54 Å². The molecule has 2 atom stereocenters. The third kappa shape index (κ3) is 2.77. The van der Waals surface area contributed by atoms with Crippen LogP contribution in [0.4, 0.5) is 0 Å². The summed E-state index contributed by atoms with van der Waals surface area (Å²) < 4.78 is 0. The first-order valence-corrected chi connectivity index (χ1v) is 4.75. The summed E-state index contributed by atoms with van der Waals surface area (Å²) in [7, 11) is 0. The van der Waals surface area contributed by atoms with Gasteiger partial charge in [-0.1, -0.05) is 13.8 Å². The Hall–Kier alpha value is -0.960. The monoisotopic (exact) mass is 179 g/mol. The van der Waals surface area contributed by atoms with Crippen LogP contribution in [-0.2, 0) is 0 Å². The third-order valence-electron chi connectivity index (χ3n) is 2.35. The molecule has 72 valence electrons. The molecule has 2 unspecified atom stereocenters. The summed E-state index contributed by atoms with van der Waals surface area (Å²) in [5, 5.41) is 3.38. The van der Waals surface area contributed by atoms with Gasteiger partial charge in [-0.15, -0.1) is 0 Å². The van der Waals surface area contributed by atoms with Crippen LogP contribution in [-0.4, -0.2) is 22.6 Å². The van der Waals surface area contributed by atoms with Crippen molar-refractivity contribution in [2.45, 2.75) is 32.7 Å². The largest absolute Gasteiger partial charge is 0.314 e. The van der Waals surface area contributed by atoms with Crippen LogP contribution in [0.25, 0.3) is 0 Å². The molecule has 0 aliphatic carbocycles. The summed E-state index contributed by atoms with van der Waals surface area (Å²) in [6, 6.07) is 2.43. The first kappa shape index (κ1) is 10.1. The molecule has 0 bridgehead atoms. The van der Waals surface area contributed by atoms with Gasteiger partial charge < -0.3 is 5.32 Å². The summed E-state index contributed by atoms with van der Waals surface area (Å²) in [5.74, 6) is 0.433. The minimum Gasteiger partial charge on any atom is -0.314 e. The van der Waals surface area contributed by atoms with E-state index in [1.165, 1.54) is 0 Å². The predicted octanol–water partition coefficient (Wildman–Crippen LogP) is 1.58. The van der Waals surface area contributed by atoms with E-state index in [-0.39, 0.29) is 0 Å². The molecule has 0 radical (unpaired) electrons. The summed E-state index contributed by atoms with van der Waals surface area (Å²) in [5.41, 5.74) is 1.10. The molecule has 1 aromatic heterocycles. The maximum Gasteiger partial charge on any atom is 0.115 e. The van der Waals surface area contributed by atoms with Gasteiger partial charge in [-0.2, -0.15) is 0 Å². The van der Waals surface area contributed by atoms with Crippen LogP contribution in [0, 0.1) is 0 Å². The van der Waals surface area contributed by atoms with Crippen LogP contribution < -0.4 is 5.32 Å². The zero-order chi connectivity index (χ0) is 9.68. The molecule has 1 N–H and O–H groups in total. The molecule has 3 nitrogen and oxygen atoms in total. The minimum absolute atomic E-state index is 0.433. The van der Waals surface area contributed by atoms with Crippen molar-refractivity contribution in [3.8, 4) is 0 Å². The Morgan fingerprint density at radius 3 is 2.77 bits per heavy atom. The number of likely N-dealkylation sites (N-methyl/N-ethyl adjacent to an activating group) is 1. The van der Waals surface area contributed by atoms with E-state index >= 15 is 0 Å². The summed E-state index contributed by atoms with van der Waals surface area (Å²) in [6.07, 6.45) is 3.39. The lowest BCUT2D eigenvalue weighted by molar-refractivity contribution is 0.487. The lowest BCUT2D eigenvalue weighted by Gasteiger charge is -2.19. The highest BCUT2D eigenvalue weighted by molar-refractivity contribution is 5.06. The summed E-state index contributed by atoms with van der Waals surface area (Å²) in [4.78, 5) is 8.13. The molecule has 3 heteroatoms. The fraction of sp³-hybridized carbons (Fsp3) is 0.600. The van der Waals surface area contributed by atoms with E-state index in [1.54, 1.807) is 12.5 Å². The van der Waals surface area contributed by atoms with Crippen LogP contribution in [0.5, 0.6) is 0 Å². The second kappa shape index (κ2) is 4.92. The molecule has 0 aliphatic heterocycles. The van der Waals surface area contributed by atoms with Crippen molar-refractivity contribution in [3.63, 3.8) is 0 Å². The standard InChI is InChI=1S/C10H17N3/c1-4-12-9(3)8(2)10-5-6-11-7-13-10/h5-9,12H,4H2,1-3H3. The average Bonchev–Trinajstić information content (AvgIpc) is 2.18. The van der Waals surface area contributed by atoms with Crippen molar-refractivity contribution in [1.29, 1.82) is 0 Å². The molecule has 1 aromatic rings. The third-order valence-corrected chi connectivity index (χ3v) is 2.35. The van der Waals surface area contributed by atoms with Crippen LogP contribution in [0.15, 0.2) is 18.6 Å². The zero-order valence-electron chi connectivity index (χ0n) is 8.49. The van der Waals surface area contributed by atoms with Crippen molar-refractivity contribution in [2.24, 2.45) is 0 Å². The molecule has 1 rings (SSSR count). The van der Waals surface area contributed by atoms with Crippen LogP contribution in [0.2, 0.25) is 0 Å². The molecule has 0 fully saturated rings. The van der Waals surface area contributed by atoms with Crippen LogP contribution >= 0.6 is 0 Å². The van der Waals surface area contributed by atoms with Crippen molar-refractivity contribution in [3.05, 3.63) is 24.3 Å². The first-order chi connectivity index (χ1) is 6.25. The van der Waals surface area contributed by atoms with Crippen molar-refractivity contribution < 1.29 is 0 Å². The van der Waals surface area contributed by atoms with E-state index in [1.807, 2.05) is 6.07 Å². The van der Waals surface area contributed by atoms with Gasteiger partial charge in [0.15, 0.2) is 0 Å². The maximum atomic E-state index is 4.23. The zero-order valence-corrected chi connectivity index (χ0v) is 8.49. The summed E-state index contributed by atoms with van der Waals surface area (Å²) >= 11 is 0. The fourth-order valence-electron chi connectivity index (χ4n) is 1.33. The predicted molar refractivity (Wildman–Crippen MR) is 53.6 cm³/mol. The average molecular weight is 179 g/mol. The lowest BCUT2D eigenvalue weighted by atomic mass is 10.00. The molecule has 0 saturated carbocycles. The molecule has 13 heavy (non-hydrogen) atoms. The lowest BCUT2D eigenvalue weighted by Crippen LogP contribution is -2.30. The fourth-order valence-corrected chi connectivity index (χ4v) is 1.33. The summed E-state index contributed by atoms with van der Waals surface area (Å²) in [6.45, 7) is 7.46. The van der Waals surface area contributed by atoms with E-state index in [2.05, 4.69) is 36.1 Å². The molecule has 0 amide bonds. The van der Waals surface area contributed by atoms with Gasteiger partial charge in [0.2, 0.25) is 0 Å². The highest BCUT2D eigenvalue weighted by Gasteiger charge is 2.13. The van der Waals surface area contributed by atoms with Gasteiger partial charge in [0, 0.05) is 23.9 Å². The number of rotatable bonds is 4. The Morgan fingerprint density at radius 1 is 1.46 bits per heavy atom. The molecule has 0 aliphatic rings. The maximum absolute atomic E-state index is 4.23. The molecular formula is C10H17N3. The Kier molecular flexibility index (Phi) is 3.83. The second-order valence-electron chi connectivity index (χ2n) is 3.27. The van der Waals surface area contributed by atoms with Gasteiger partial charge in [-0.25, -0.2) is 9.97 Å². The van der Waals surface area contributed by atoms with Gasteiger partial charge in [-0.05, 0) is 19.5 Å². The number of hydrogen-bond acceptors (Lipinski definition) is 3. The van der Waals surface area contributed by atoms with Crippen molar-refractivity contribution >= 4 is 0 Å². The number of hydrogen-bond donors (Lipinski definition) is 1. The Bertz CT molecular complexity index is 235. The quantitative estimate of drug-likeness (QED) is 0.762. The minimum atomic E-state index is 0.433. The Morgan fingerprint density at radius 2 is 2.23 bits per heavy atom. The van der Waals surface area contributed by atoms with E-state index in [4.69, 9.17) is 0 Å². The van der Waals surface area contributed by atoms with E-state index in [0.29, 0.717) is 12.0 Å². The van der Waals surface area contributed by atoms with Gasteiger partial charge >= 0.3 is 0 Å². The topological polar surface area (TPSA) is 37.8 Å².